The van der Waals surface area contributed by atoms with Crippen molar-refractivity contribution in [2.75, 3.05) is 16.4 Å². The Hall–Kier alpha value is -2.08. The van der Waals surface area contributed by atoms with Gasteiger partial charge in [-0.2, -0.15) is 0 Å². The number of primary amides is 1. The van der Waals surface area contributed by atoms with Gasteiger partial charge in [-0.25, -0.2) is 18.7 Å². The lowest BCUT2D eigenvalue weighted by Crippen LogP contribution is -2.36. The van der Waals surface area contributed by atoms with Crippen molar-refractivity contribution in [2.45, 2.75) is 43.9 Å². The zero-order valence-corrected chi connectivity index (χ0v) is 20.2. The molecule has 7 nitrogen and oxygen atoms in total. The number of unbranched alkanes of at least 4 members (excludes halogenated alkanes) is 1. The van der Waals surface area contributed by atoms with Crippen LogP contribution in [0.5, 0.6) is 5.88 Å². The van der Waals surface area contributed by atoms with Crippen molar-refractivity contribution < 1.29 is 23.1 Å². The van der Waals surface area contributed by atoms with Gasteiger partial charge in [0.25, 0.3) is 11.8 Å². The van der Waals surface area contributed by atoms with E-state index < -0.39 is 17.2 Å². The Morgan fingerprint density at radius 3 is 2.72 bits per heavy atom. The number of nitrogens with two attached hydrogens (primary N) is 1. The van der Waals surface area contributed by atoms with Crippen molar-refractivity contribution in [2.24, 2.45) is 5.73 Å². The first-order chi connectivity index (χ1) is 15.1. The number of aromatic nitrogens is 2. The molecule has 1 aliphatic heterocycles. The van der Waals surface area contributed by atoms with Crippen LogP contribution in [0.25, 0.3) is 0 Å². The minimum absolute atomic E-state index is 0.0117. The quantitative estimate of drug-likeness (QED) is 0.243. The molecule has 0 aromatic carbocycles. The average Bonchev–Trinajstić information content (AvgIpc) is 2.99. The van der Waals surface area contributed by atoms with Crippen LogP contribution in [0, 0.1) is 0 Å². The van der Waals surface area contributed by atoms with Crippen LogP contribution in [0.1, 0.15) is 54.4 Å². The Labute approximate surface area is 202 Å². The molecule has 0 unspecified atom stereocenters. The molecule has 0 fully saturated rings. The monoisotopic (exact) mass is 578 g/mol. The first-order valence-electron chi connectivity index (χ1n) is 9.94. The van der Waals surface area contributed by atoms with Crippen molar-refractivity contribution in [3.8, 4) is 5.88 Å². The summed E-state index contributed by atoms with van der Waals surface area (Å²) in [6, 6.07) is 4.28. The molecule has 0 aliphatic carbocycles. The summed E-state index contributed by atoms with van der Waals surface area (Å²) in [6.07, 6.45) is 3.29. The number of carbonyl (C=O) groups is 2. The molecule has 2 amide bonds. The normalized spacial score (nSPS) is 17.7. The van der Waals surface area contributed by atoms with Crippen LogP contribution < -0.4 is 15.8 Å². The van der Waals surface area contributed by atoms with Gasteiger partial charge in [-0.1, -0.05) is 34.2 Å². The number of halogens is 4. The maximum Gasteiger partial charge on any atom is 0.272 e. The minimum atomic E-state index is -3.04. The fourth-order valence-electron chi connectivity index (χ4n) is 3.63. The molecule has 0 saturated heterocycles. The fourth-order valence-corrected chi connectivity index (χ4v) is 4.77. The van der Waals surface area contributed by atoms with Crippen LogP contribution in [0.15, 0.2) is 24.4 Å². The Kier molecular flexibility index (Phi) is 7.53. The van der Waals surface area contributed by atoms with E-state index in [1.807, 2.05) is 0 Å². The number of nitrogens with zero attached hydrogens (tertiary/aromatic N) is 2. The van der Waals surface area contributed by atoms with Gasteiger partial charge in [0.1, 0.15) is 10.7 Å². The predicted octanol–water partition coefficient (Wildman–Crippen LogP) is 4.60. The molecule has 3 N–H and O–H groups in total. The van der Waals surface area contributed by atoms with Crippen LogP contribution in [-0.4, -0.2) is 32.8 Å². The van der Waals surface area contributed by atoms with E-state index in [4.69, 9.17) is 22.1 Å². The highest BCUT2D eigenvalue weighted by molar-refractivity contribution is 14.1. The largest absolute Gasteiger partial charge is 0.477 e. The summed E-state index contributed by atoms with van der Waals surface area (Å²) in [6.45, 7) is 1.02. The third-order valence-corrected chi connectivity index (χ3v) is 6.17. The standard InChI is InChI=1S/C21H22ClF2IN4O3/c1-20(23,24)12-10-13(22)18(27-11-12)32-9-3-2-6-21(7-8-25)16-14(29-19(21)31)4-5-15(28-16)17(26)30/h4-5,10-11H,2-3,6-9H2,1H3,(H2,26,30)(H,29,31)/t21-/m0/s1. The number of carbonyl (C=O) groups excluding carboxylic acids is 2. The number of hydrogen-bond acceptors (Lipinski definition) is 5. The van der Waals surface area contributed by atoms with Gasteiger partial charge in [-0.3, -0.25) is 9.59 Å². The van der Waals surface area contributed by atoms with E-state index in [1.54, 1.807) is 6.07 Å². The van der Waals surface area contributed by atoms with Crippen LogP contribution in [0.3, 0.4) is 0 Å². The van der Waals surface area contributed by atoms with Crippen LogP contribution in [0.4, 0.5) is 14.5 Å². The molecule has 0 spiro atoms. The number of amides is 2. The van der Waals surface area contributed by atoms with E-state index in [2.05, 4.69) is 37.9 Å². The summed E-state index contributed by atoms with van der Waals surface area (Å²) in [5.74, 6) is -3.76. The Morgan fingerprint density at radius 1 is 1.34 bits per heavy atom. The zero-order chi connectivity index (χ0) is 23.5. The molecule has 0 saturated carbocycles. The molecule has 3 heterocycles. The minimum Gasteiger partial charge on any atom is -0.477 e. The molecule has 172 valence electrons. The lowest BCUT2D eigenvalue weighted by atomic mass is 9.77. The second-order valence-corrected chi connectivity index (χ2v) is 9.12. The summed E-state index contributed by atoms with van der Waals surface area (Å²) < 4.78 is 33.0. The first-order valence-corrected chi connectivity index (χ1v) is 11.8. The number of pyridine rings is 2. The second kappa shape index (κ2) is 9.82. The lowest BCUT2D eigenvalue weighted by molar-refractivity contribution is -0.121. The Bertz CT molecular complexity index is 1030. The topological polar surface area (TPSA) is 107 Å². The highest BCUT2D eigenvalue weighted by Crippen LogP contribution is 2.43. The van der Waals surface area contributed by atoms with E-state index in [0.717, 1.165) is 23.6 Å². The smallest absolute Gasteiger partial charge is 0.272 e. The van der Waals surface area contributed by atoms with E-state index in [-0.39, 0.29) is 34.7 Å². The van der Waals surface area contributed by atoms with Gasteiger partial charge < -0.3 is 15.8 Å². The van der Waals surface area contributed by atoms with E-state index in [0.29, 0.717) is 37.1 Å². The molecule has 2 aromatic rings. The molecule has 0 bridgehead atoms. The highest BCUT2D eigenvalue weighted by atomic mass is 127. The molecular weight excluding hydrogens is 557 g/mol. The number of nitrogens with one attached hydrogen (secondary N) is 1. The first kappa shape index (κ1) is 24.6. The summed E-state index contributed by atoms with van der Waals surface area (Å²) in [4.78, 5) is 32.7. The van der Waals surface area contributed by atoms with Crippen LogP contribution in [0.2, 0.25) is 5.02 Å². The third-order valence-electron chi connectivity index (χ3n) is 5.36. The van der Waals surface area contributed by atoms with E-state index >= 15 is 0 Å². The average molecular weight is 579 g/mol. The third kappa shape index (κ3) is 5.11. The molecule has 0 radical (unpaired) electrons. The summed E-state index contributed by atoms with van der Waals surface area (Å²) in [7, 11) is 0. The van der Waals surface area contributed by atoms with Crippen molar-refractivity contribution >= 4 is 51.7 Å². The molecule has 11 heteroatoms. The second-order valence-electron chi connectivity index (χ2n) is 7.64. The van der Waals surface area contributed by atoms with E-state index in [1.165, 1.54) is 6.07 Å². The molecule has 32 heavy (non-hydrogen) atoms. The van der Waals surface area contributed by atoms with Gasteiger partial charge in [0.05, 0.1) is 23.4 Å². The van der Waals surface area contributed by atoms with Gasteiger partial charge in [0, 0.05) is 23.1 Å². The van der Waals surface area contributed by atoms with Gasteiger partial charge >= 0.3 is 0 Å². The predicted molar refractivity (Wildman–Crippen MR) is 125 cm³/mol. The highest BCUT2D eigenvalue weighted by Gasteiger charge is 2.47. The number of hydrogen-bond donors (Lipinski definition) is 2. The number of ether oxygens (including phenoxy) is 1. The maximum atomic E-state index is 13.4. The van der Waals surface area contributed by atoms with Crippen molar-refractivity contribution in [3.05, 3.63) is 46.4 Å². The van der Waals surface area contributed by atoms with Crippen molar-refractivity contribution in [3.63, 3.8) is 0 Å². The summed E-state index contributed by atoms with van der Waals surface area (Å²) in [5, 5.41) is 2.87. The fraction of sp³-hybridized carbons (Fsp3) is 0.429. The maximum absolute atomic E-state index is 13.4. The number of anilines is 1. The molecular formula is C21H22ClF2IN4O3. The molecule has 1 aliphatic rings. The van der Waals surface area contributed by atoms with Gasteiger partial charge in [0.15, 0.2) is 0 Å². The number of alkyl halides is 3. The Balaban J connectivity index is 1.65. The van der Waals surface area contributed by atoms with Crippen LogP contribution >= 0.6 is 34.2 Å². The zero-order valence-electron chi connectivity index (χ0n) is 17.3. The van der Waals surface area contributed by atoms with Crippen LogP contribution in [-0.2, 0) is 16.1 Å². The lowest BCUT2D eigenvalue weighted by Gasteiger charge is -2.26. The molecule has 3 rings (SSSR count). The van der Waals surface area contributed by atoms with Gasteiger partial charge in [0.2, 0.25) is 11.8 Å². The van der Waals surface area contributed by atoms with Crippen molar-refractivity contribution in [1.82, 2.24) is 9.97 Å². The summed E-state index contributed by atoms with van der Waals surface area (Å²) in [5.41, 5.74) is 5.46. The van der Waals surface area contributed by atoms with Gasteiger partial charge in [-0.05, 0) is 43.9 Å². The molecule has 2 aromatic heterocycles. The Morgan fingerprint density at radius 2 is 2.09 bits per heavy atom. The number of rotatable bonds is 10. The van der Waals surface area contributed by atoms with Crippen molar-refractivity contribution in [1.29, 1.82) is 0 Å². The number of fused-ring (bicyclic) bond motifs is 1. The SMILES string of the molecule is CC(F)(F)c1cnc(OCCCC[C@@]2(CCI)C(=O)Nc3ccc(C(N)=O)nc32)c(Cl)c1. The van der Waals surface area contributed by atoms with E-state index in [9.17, 15) is 18.4 Å². The van der Waals surface area contributed by atoms with Gasteiger partial charge in [-0.15, -0.1) is 0 Å². The summed E-state index contributed by atoms with van der Waals surface area (Å²) >= 11 is 8.22. The molecule has 1 atom stereocenters.